The number of likely N-dealkylation sites (N-methyl/N-ethyl adjacent to an activating group) is 1. The number of aromatic nitrogens is 1. The first kappa shape index (κ1) is 13.5. The summed E-state index contributed by atoms with van der Waals surface area (Å²) in [5, 5.41) is 9.22. The lowest BCUT2D eigenvalue weighted by Crippen LogP contribution is -2.35. The van der Waals surface area contributed by atoms with Crippen molar-refractivity contribution in [1.29, 1.82) is 0 Å². The first-order valence-corrected chi connectivity index (χ1v) is 6.26. The molecule has 0 saturated heterocycles. The number of rotatable bonds is 4. The van der Waals surface area contributed by atoms with Crippen molar-refractivity contribution in [3.8, 4) is 0 Å². The molecule has 1 N–H and O–H groups in total. The monoisotopic (exact) mass is 262 g/mol. The number of aliphatic hydroxyl groups is 1. The molecule has 1 amide bonds. The molecule has 0 bridgehead atoms. The van der Waals surface area contributed by atoms with E-state index < -0.39 is 6.10 Å². The van der Waals surface area contributed by atoms with Crippen LogP contribution in [0, 0.1) is 6.92 Å². The van der Waals surface area contributed by atoms with Gasteiger partial charge >= 0.3 is 0 Å². The molecular weight excluding hydrogens is 244 g/mol. The van der Waals surface area contributed by atoms with Crippen molar-refractivity contribution in [3.63, 3.8) is 0 Å². The Hall–Kier alpha value is -1.88. The molecule has 0 fully saturated rings. The molecule has 0 aliphatic heterocycles. The van der Waals surface area contributed by atoms with Gasteiger partial charge in [0, 0.05) is 20.5 Å². The molecule has 1 unspecified atom stereocenters. The van der Waals surface area contributed by atoms with Crippen LogP contribution < -0.4 is 0 Å². The lowest BCUT2D eigenvalue weighted by molar-refractivity contribution is -0.137. The highest BCUT2D eigenvalue weighted by atomic mass is 16.3. The molecule has 2 rings (SSSR count). The van der Waals surface area contributed by atoms with Crippen LogP contribution in [0.1, 0.15) is 18.4 Å². The SMILES string of the molecule is Cc1nc2ccc(CCN(C)C(=O)C(C)O)cc2o1. The normalized spacial score (nSPS) is 12.6. The van der Waals surface area contributed by atoms with Gasteiger partial charge in [0.1, 0.15) is 11.6 Å². The molecule has 0 radical (unpaired) electrons. The van der Waals surface area contributed by atoms with Gasteiger partial charge in [0.25, 0.3) is 5.91 Å². The molecule has 0 aliphatic carbocycles. The van der Waals surface area contributed by atoms with Crippen molar-refractivity contribution >= 4 is 17.0 Å². The van der Waals surface area contributed by atoms with Crippen LogP contribution in [-0.2, 0) is 11.2 Å². The zero-order chi connectivity index (χ0) is 14.0. The molecule has 1 aromatic heterocycles. The van der Waals surface area contributed by atoms with Crippen LogP contribution in [-0.4, -0.2) is 40.6 Å². The summed E-state index contributed by atoms with van der Waals surface area (Å²) >= 11 is 0. The van der Waals surface area contributed by atoms with Crippen molar-refractivity contribution in [1.82, 2.24) is 9.88 Å². The summed E-state index contributed by atoms with van der Waals surface area (Å²) in [6, 6.07) is 5.83. The van der Waals surface area contributed by atoms with Crippen LogP contribution in [0.3, 0.4) is 0 Å². The van der Waals surface area contributed by atoms with E-state index >= 15 is 0 Å². The molecule has 1 aromatic carbocycles. The fourth-order valence-corrected chi connectivity index (χ4v) is 1.97. The van der Waals surface area contributed by atoms with E-state index in [0.717, 1.165) is 16.7 Å². The second-order valence-corrected chi connectivity index (χ2v) is 4.72. The van der Waals surface area contributed by atoms with Crippen molar-refractivity contribution in [2.45, 2.75) is 26.4 Å². The Morgan fingerprint density at radius 1 is 1.53 bits per heavy atom. The average Bonchev–Trinajstić information content (AvgIpc) is 2.74. The van der Waals surface area contributed by atoms with Gasteiger partial charge in [-0.15, -0.1) is 0 Å². The smallest absolute Gasteiger partial charge is 0.250 e. The van der Waals surface area contributed by atoms with Gasteiger partial charge in [-0.25, -0.2) is 4.98 Å². The van der Waals surface area contributed by atoms with E-state index in [0.29, 0.717) is 18.9 Å². The molecular formula is C14H18N2O3. The van der Waals surface area contributed by atoms with Gasteiger partial charge in [-0.3, -0.25) is 4.79 Å². The molecule has 1 heterocycles. The number of hydrogen-bond donors (Lipinski definition) is 1. The number of benzene rings is 1. The largest absolute Gasteiger partial charge is 0.441 e. The van der Waals surface area contributed by atoms with E-state index in [-0.39, 0.29) is 5.91 Å². The van der Waals surface area contributed by atoms with Crippen LogP contribution in [0.15, 0.2) is 22.6 Å². The molecule has 0 aliphatic rings. The molecule has 19 heavy (non-hydrogen) atoms. The van der Waals surface area contributed by atoms with Gasteiger partial charge in [-0.05, 0) is 31.0 Å². The van der Waals surface area contributed by atoms with Crippen molar-refractivity contribution in [2.24, 2.45) is 0 Å². The Morgan fingerprint density at radius 3 is 2.95 bits per heavy atom. The van der Waals surface area contributed by atoms with Crippen LogP contribution in [0.2, 0.25) is 0 Å². The van der Waals surface area contributed by atoms with Crippen molar-refractivity contribution < 1.29 is 14.3 Å². The van der Waals surface area contributed by atoms with Gasteiger partial charge in [0.15, 0.2) is 11.5 Å². The van der Waals surface area contributed by atoms with Gasteiger partial charge in [0.05, 0.1) is 0 Å². The van der Waals surface area contributed by atoms with Crippen LogP contribution in [0.25, 0.3) is 11.1 Å². The number of aryl methyl sites for hydroxylation is 1. The molecule has 102 valence electrons. The topological polar surface area (TPSA) is 66.6 Å². The van der Waals surface area contributed by atoms with Crippen LogP contribution in [0.5, 0.6) is 0 Å². The lowest BCUT2D eigenvalue weighted by atomic mass is 10.1. The summed E-state index contributed by atoms with van der Waals surface area (Å²) in [6.07, 6.45) is -0.241. The number of oxazole rings is 1. The molecule has 2 aromatic rings. The number of hydrogen-bond acceptors (Lipinski definition) is 4. The molecule has 0 spiro atoms. The Balaban J connectivity index is 2.03. The van der Waals surface area contributed by atoms with E-state index in [1.807, 2.05) is 25.1 Å². The van der Waals surface area contributed by atoms with Crippen molar-refractivity contribution in [2.75, 3.05) is 13.6 Å². The third-order valence-electron chi connectivity index (χ3n) is 3.03. The standard InChI is InChI=1S/C14H18N2O3/c1-9(17)14(18)16(3)7-6-11-4-5-12-13(8-11)19-10(2)15-12/h4-5,8-9,17H,6-7H2,1-3H3. The quantitative estimate of drug-likeness (QED) is 0.907. The van der Waals surface area contributed by atoms with Crippen LogP contribution >= 0.6 is 0 Å². The van der Waals surface area contributed by atoms with E-state index in [1.54, 1.807) is 7.05 Å². The zero-order valence-corrected chi connectivity index (χ0v) is 11.4. The number of aliphatic hydroxyl groups excluding tert-OH is 1. The third kappa shape index (κ3) is 3.12. The van der Waals surface area contributed by atoms with Crippen LogP contribution in [0.4, 0.5) is 0 Å². The summed E-state index contributed by atoms with van der Waals surface area (Å²) in [5.74, 6) is 0.380. The Bertz CT molecular complexity index is 589. The van der Waals surface area contributed by atoms with Gasteiger partial charge in [-0.1, -0.05) is 6.07 Å². The minimum absolute atomic E-state index is 0.267. The maximum atomic E-state index is 11.5. The van der Waals surface area contributed by atoms with E-state index in [2.05, 4.69) is 4.98 Å². The number of carbonyl (C=O) groups is 1. The predicted molar refractivity (Wildman–Crippen MR) is 71.8 cm³/mol. The van der Waals surface area contributed by atoms with Gasteiger partial charge in [-0.2, -0.15) is 0 Å². The summed E-state index contributed by atoms with van der Waals surface area (Å²) in [5.41, 5.74) is 2.68. The number of fused-ring (bicyclic) bond motifs is 1. The predicted octanol–water partition coefficient (Wildman–Crippen LogP) is 1.52. The summed E-state index contributed by atoms with van der Waals surface area (Å²) in [7, 11) is 1.69. The Morgan fingerprint density at radius 2 is 2.26 bits per heavy atom. The fraction of sp³-hybridized carbons (Fsp3) is 0.429. The van der Waals surface area contributed by atoms with E-state index in [1.165, 1.54) is 11.8 Å². The summed E-state index contributed by atoms with van der Waals surface area (Å²) in [6.45, 7) is 3.85. The Kier molecular flexibility index (Phi) is 3.85. The molecule has 0 saturated carbocycles. The first-order chi connectivity index (χ1) is 8.97. The maximum absolute atomic E-state index is 11.5. The van der Waals surface area contributed by atoms with Crippen molar-refractivity contribution in [3.05, 3.63) is 29.7 Å². The summed E-state index contributed by atoms with van der Waals surface area (Å²) in [4.78, 5) is 17.3. The zero-order valence-electron chi connectivity index (χ0n) is 11.4. The fourth-order valence-electron chi connectivity index (χ4n) is 1.97. The van der Waals surface area contributed by atoms with Gasteiger partial charge in [0.2, 0.25) is 0 Å². The highest BCUT2D eigenvalue weighted by Gasteiger charge is 2.14. The lowest BCUT2D eigenvalue weighted by Gasteiger charge is -2.18. The average molecular weight is 262 g/mol. The summed E-state index contributed by atoms with van der Waals surface area (Å²) < 4.78 is 5.47. The molecule has 5 nitrogen and oxygen atoms in total. The second-order valence-electron chi connectivity index (χ2n) is 4.72. The Labute approximate surface area is 111 Å². The number of amides is 1. The first-order valence-electron chi connectivity index (χ1n) is 6.26. The third-order valence-corrected chi connectivity index (χ3v) is 3.03. The highest BCUT2D eigenvalue weighted by molar-refractivity contribution is 5.80. The maximum Gasteiger partial charge on any atom is 0.250 e. The van der Waals surface area contributed by atoms with E-state index in [4.69, 9.17) is 4.42 Å². The highest BCUT2D eigenvalue weighted by Crippen LogP contribution is 2.17. The molecule has 5 heteroatoms. The molecule has 1 atom stereocenters. The number of carbonyl (C=O) groups excluding carboxylic acids is 1. The van der Waals surface area contributed by atoms with Gasteiger partial charge < -0.3 is 14.4 Å². The minimum Gasteiger partial charge on any atom is -0.441 e. The minimum atomic E-state index is -0.954. The number of nitrogens with zero attached hydrogens (tertiary/aromatic N) is 2. The van der Waals surface area contributed by atoms with E-state index in [9.17, 15) is 9.90 Å². The second kappa shape index (κ2) is 5.40.